The standard InChI is InChI=1S/C14H17BrFNO/c15-13-10(3-1-4-11(13)16)9-14(18)6-8-17-7-2-5-12(14)17/h1,3-4,12,18H,2,5-9H2. The second kappa shape index (κ2) is 4.58. The Labute approximate surface area is 115 Å². The van der Waals surface area contributed by atoms with Gasteiger partial charge >= 0.3 is 0 Å². The molecule has 0 radical (unpaired) electrons. The predicted molar refractivity (Wildman–Crippen MR) is 72.0 cm³/mol. The molecule has 2 saturated heterocycles. The topological polar surface area (TPSA) is 23.5 Å². The fourth-order valence-electron chi connectivity index (χ4n) is 3.43. The molecule has 1 N–H and O–H groups in total. The minimum Gasteiger partial charge on any atom is -0.388 e. The SMILES string of the molecule is OC1(Cc2cccc(F)c2Br)CCN2CCCC21. The molecule has 2 atom stereocenters. The molecule has 0 saturated carbocycles. The molecule has 0 aliphatic carbocycles. The van der Waals surface area contributed by atoms with Gasteiger partial charge in [0.2, 0.25) is 0 Å². The van der Waals surface area contributed by atoms with Crippen LogP contribution in [0.5, 0.6) is 0 Å². The van der Waals surface area contributed by atoms with E-state index in [0.717, 1.165) is 37.9 Å². The van der Waals surface area contributed by atoms with Crippen molar-refractivity contribution in [3.05, 3.63) is 34.1 Å². The third kappa shape index (κ3) is 2.00. The smallest absolute Gasteiger partial charge is 0.137 e. The number of hydrogen-bond acceptors (Lipinski definition) is 2. The number of aliphatic hydroxyl groups is 1. The molecule has 1 aromatic rings. The molecule has 0 spiro atoms. The van der Waals surface area contributed by atoms with Crippen LogP contribution in [0.15, 0.2) is 22.7 Å². The van der Waals surface area contributed by atoms with Crippen LogP contribution in [0.25, 0.3) is 0 Å². The molecule has 2 nitrogen and oxygen atoms in total. The van der Waals surface area contributed by atoms with E-state index < -0.39 is 5.60 Å². The summed E-state index contributed by atoms with van der Waals surface area (Å²) in [6.07, 6.45) is 3.55. The van der Waals surface area contributed by atoms with Crippen LogP contribution in [0.1, 0.15) is 24.8 Å². The summed E-state index contributed by atoms with van der Waals surface area (Å²) in [5.74, 6) is -0.252. The monoisotopic (exact) mass is 313 g/mol. The Kier molecular flexibility index (Phi) is 3.20. The van der Waals surface area contributed by atoms with Crippen molar-refractivity contribution in [3.8, 4) is 0 Å². The van der Waals surface area contributed by atoms with E-state index in [-0.39, 0.29) is 11.9 Å². The molecule has 2 aliphatic heterocycles. The summed E-state index contributed by atoms with van der Waals surface area (Å²) < 4.78 is 14.0. The van der Waals surface area contributed by atoms with Gasteiger partial charge in [0, 0.05) is 19.0 Å². The summed E-state index contributed by atoms with van der Waals surface area (Å²) in [7, 11) is 0. The number of nitrogens with zero attached hydrogens (tertiary/aromatic N) is 1. The van der Waals surface area contributed by atoms with Crippen molar-refractivity contribution in [2.75, 3.05) is 13.1 Å². The molecule has 1 aromatic carbocycles. The number of benzene rings is 1. The third-order valence-electron chi connectivity index (χ3n) is 4.34. The lowest BCUT2D eigenvalue weighted by atomic mass is 9.86. The Balaban J connectivity index is 1.85. The van der Waals surface area contributed by atoms with Gasteiger partial charge < -0.3 is 5.11 Å². The van der Waals surface area contributed by atoms with Crippen LogP contribution in [-0.4, -0.2) is 34.7 Å². The maximum absolute atomic E-state index is 13.5. The van der Waals surface area contributed by atoms with Gasteiger partial charge in [-0.25, -0.2) is 4.39 Å². The first-order chi connectivity index (χ1) is 8.60. The van der Waals surface area contributed by atoms with Gasteiger partial charge in [0.1, 0.15) is 5.82 Å². The van der Waals surface area contributed by atoms with Crippen molar-refractivity contribution in [2.45, 2.75) is 37.3 Å². The summed E-state index contributed by atoms with van der Waals surface area (Å²) in [6.45, 7) is 2.06. The molecular weight excluding hydrogens is 297 g/mol. The lowest BCUT2D eigenvalue weighted by Crippen LogP contribution is -2.43. The zero-order chi connectivity index (χ0) is 12.8. The number of rotatable bonds is 2. The van der Waals surface area contributed by atoms with Gasteiger partial charge in [-0.1, -0.05) is 12.1 Å². The molecule has 0 aromatic heterocycles. The van der Waals surface area contributed by atoms with E-state index in [4.69, 9.17) is 0 Å². The molecule has 4 heteroatoms. The first-order valence-corrected chi connectivity index (χ1v) is 7.29. The fraction of sp³-hybridized carbons (Fsp3) is 0.571. The maximum Gasteiger partial charge on any atom is 0.137 e. The first-order valence-electron chi connectivity index (χ1n) is 6.49. The van der Waals surface area contributed by atoms with E-state index in [1.54, 1.807) is 6.07 Å². The Bertz CT molecular complexity index is 467. The van der Waals surface area contributed by atoms with Crippen molar-refractivity contribution >= 4 is 15.9 Å². The van der Waals surface area contributed by atoms with Crippen LogP contribution < -0.4 is 0 Å². The lowest BCUT2D eigenvalue weighted by Gasteiger charge is -2.30. The number of fused-ring (bicyclic) bond motifs is 1. The van der Waals surface area contributed by atoms with Crippen LogP contribution in [0.2, 0.25) is 0 Å². The van der Waals surface area contributed by atoms with Gasteiger partial charge in [-0.2, -0.15) is 0 Å². The van der Waals surface area contributed by atoms with E-state index in [9.17, 15) is 9.50 Å². The lowest BCUT2D eigenvalue weighted by molar-refractivity contribution is 0.0139. The summed E-state index contributed by atoms with van der Waals surface area (Å²) in [5.41, 5.74) is 0.179. The normalized spacial score (nSPS) is 31.8. The zero-order valence-corrected chi connectivity index (χ0v) is 11.8. The van der Waals surface area contributed by atoms with Crippen molar-refractivity contribution < 1.29 is 9.50 Å². The fourth-order valence-corrected chi connectivity index (χ4v) is 3.83. The van der Waals surface area contributed by atoms with Crippen LogP contribution in [0.4, 0.5) is 4.39 Å². The highest BCUT2D eigenvalue weighted by Gasteiger charge is 2.47. The van der Waals surface area contributed by atoms with Crippen molar-refractivity contribution in [1.29, 1.82) is 0 Å². The van der Waals surface area contributed by atoms with Crippen molar-refractivity contribution in [2.24, 2.45) is 0 Å². The Morgan fingerprint density at radius 1 is 1.44 bits per heavy atom. The van der Waals surface area contributed by atoms with E-state index in [1.807, 2.05) is 6.07 Å². The molecule has 18 heavy (non-hydrogen) atoms. The Morgan fingerprint density at radius 3 is 3.11 bits per heavy atom. The quantitative estimate of drug-likeness (QED) is 0.907. The predicted octanol–water partition coefficient (Wildman–Crippen LogP) is 2.73. The first kappa shape index (κ1) is 12.6. The molecule has 0 amide bonds. The molecule has 2 heterocycles. The average Bonchev–Trinajstić information content (AvgIpc) is 2.91. The summed E-state index contributed by atoms with van der Waals surface area (Å²) in [5, 5.41) is 10.8. The van der Waals surface area contributed by atoms with E-state index in [2.05, 4.69) is 20.8 Å². The minimum absolute atomic E-state index is 0.252. The highest BCUT2D eigenvalue weighted by Crippen LogP contribution is 2.39. The second-order valence-corrected chi connectivity index (χ2v) is 6.23. The molecule has 0 bridgehead atoms. The van der Waals surface area contributed by atoms with Gasteiger partial charge in [0.05, 0.1) is 10.1 Å². The molecule has 3 rings (SSSR count). The maximum atomic E-state index is 13.5. The number of hydrogen-bond donors (Lipinski definition) is 1. The average molecular weight is 314 g/mol. The molecule has 2 fully saturated rings. The summed E-state index contributed by atoms with van der Waals surface area (Å²) in [6, 6.07) is 5.30. The van der Waals surface area contributed by atoms with E-state index >= 15 is 0 Å². The highest BCUT2D eigenvalue weighted by atomic mass is 79.9. The molecule has 98 valence electrons. The minimum atomic E-state index is -0.688. The summed E-state index contributed by atoms with van der Waals surface area (Å²) in [4.78, 5) is 2.37. The van der Waals surface area contributed by atoms with E-state index in [1.165, 1.54) is 6.07 Å². The summed E-state index contributed by atoms with van der Waals surface area (Å²) >= 11 is 3.28. The zero-order valence-electron chi connectivity index (χ0n) is 10.2. The largest absolute Gasteiger partial charge is 0.388 e. The van der Waals surface area contributed by atoms with Gasteiger partial charge in [0.15, 0.2) is 0 Å². The second-order valence-electron chi connectivity index (χ2n) is 5.44. The van der Waals surface area contributed by atoms with Crippen molar-refractivity contribution in [1.82, 2.24) is 4.90 Å². The van der Waals surface area contributed by atoms with E-state index in [0.29, 0.717) is 10.9 Å². The van der Waals surface area contributed by atoms with Crippen LogP contribution in [0.3, 0.4) is 0 Å². The van der Waals surface area contributed by atoms with Crippen molar-refractivity contribution in [3.63, 3.8) is 0 Å². The molecule has 2 unspecified atom stereocenters. The third-order valence-corrected chi connectivity index (χ3v) is 5.23. The van der Waals surface area contributed by atoms with Crippen LogP contribution in [-0.2, 0) is 6.42 Å². The molecule has 2 aliphatic rings. The van der Waals surface area contributed by atoms with Gasteiger partial charge in [0.25, 0.3) is 0 Å². The van der Waals surface area contributed by atoms with Gasteiger partial charge in [-0.15, -0.1) is 0 Å². The van der Waals surface area contributed by atoms with Gasteiger partial charge in [-0.05, 0) is 53.4 Å². The number of halogens is 2. The van der Waals surface area contributed by atoms with Gasteiger partial charge in [-0.3, -0.25) is 4.90 Å². The highest BCUT2D eigenvalue weighted by molar-refractivity contribution is 9.10. The molecular formula is C14H17BrFNO. The van der Waals surface area contributed by atoms with Crippen LogP contribution in [0, 0.1) is 5.82 Å². The Hall–Kier alpha value is -0.450. The van der Waals surface area contributed by atoms with Crippen LogP contribution >= 0.6 is 15.9 Å². The Morgan fingerprint density at radius 2 is 2.28 bits per heavy atom.